The van der Waals surface area contributed by atoms with Crippen LogP contribution in [-0.2, 0) is 0 Å². The highest BCUT2D eigenvalue weighted by Crippen LogP contribution is 2.17. The summed E-state index contributed by atoms with van der Waals surface area (Å²) in [6.07, 6.45) is 1.85. The molecule has 4 nitrogen and oxygen atoms in total. The summed E-state index contributed by atoms with van der Waals surface area (Å²) in [7, 11) is 0. The molecule has 1 aliphatic heterocycles. The second-order valence-electron chi connectivity index (χ2n) is 4.82. The van der Waals surface area contributed by atoms with Gasteiger partial charge in [0.2, 0.25) is 0 Å². The Hall–Kier alpha value is -1.64. The average Bonchev–Trinajstić information content (AvgIpc) is 2.89. The molecule has 1 unspecified atom stereocenters. The summed E-state index contributed by atoms with van der Waals surface area (Å²) >= 11 is 0. The van der Waals surface area contributed by atoms with Crippen molar-refractivity contribution in [3.8, 4) is 6.07 Å². The molecule has 1 aromatic rings. The van der Waals surface area contributed by atoms with Gasteiger partial charge in [-0.3, -0.25) is 0 Å². The molecule has 1 atom stereocenters. The number of nitrogens with one attached hydrogen (secondary N) is 1. The summed E-state index contributed by atoms with van der Waals surface area (Å²) in [6, 6.07) is 6.28. The first-order valence-electron chi connectivity index (χ1n) is 6.53. The Bertz CT molecular complexity index is 466. The number of hydrogen-bond donors (Lipinski definition) is 2. The van der Waals surface area contributed by atoms with Gasteiger partial charge in [-0.25, -0.2) is 4.39 Å². The number of aliphatic hydroxyl groups excluding tert-OH is 1. The number of aliphatic hydroxyl groups is 1. The summed E-state index contributed by atoms with van der Waals surface area (Å²) in [4.78, 5) is 2.21. The molecule has 1 heterocycles. The average molecular weight is 263 g/mol. The number of halogens is 1. The number of nitrogens with zero attached hydrogens (tertiary/aromatic N) is 2. The number of likely N-dealkylation sites (tertiary alicyclic amines) is 1. The largest absolute Gasteiger partial charge is 0.390 e. The summed E-state index contributed by atoms with van der Waals surface area (Å²) < 4.78 is 13.4. The minimum atomic E-state index is -0.540. The lowest BCUT2D eigenvalue weighted by Crippen LogP contribution is -2.34. The highest BCUT2D eigenvalue weighted by atomic mass is 19.1. The van der Waals surface area contributed by atoms with E-state index in [0.29, 0.717) is 18.8 Å². The molecule has 102 valence electrons. The van der Waals surface area contributed by atoms with Gasteiger partial charge in [0, 0.05) is 13.1 Å². The monoisotopic (exact) mass is 263 g/mol. The predicted molar refractivity (Wildman–Crippen MR) is 71.3 cm³/mol. The zero-order valence-corrected chi connectivity index (χ0v) is 10.8. The lowest BCUT2D eigenvalue weighted by atomic mass is 10.2. The Morgan fingerprint density at radius 2 is 2.16 bits per heavy atom. The number of rotatable bonds is 5. The van der Waals surface area contributed by atoms with Gasteiger partial charge in [-0.15, -0.1) is 0 Å². The fourth-order valence-electron chi connectivity index (χ4n) is 2.34. The van der Waals surface area contributed by atoms with Crippen LogP contribution in [0.15, 0.2) is 18.2 Å². The van der Waals surface area contributed by atoms with Crippen molar-refractivity contribution >= 4 is 5.69 Å². The van der Waals surface area contributed by atoms with Gasteiger partial charge in [-0.2, -0.15) is 5.26 Å². The molecule has 0 aromatic heterocycles. The van der Waals surface area contributed by atoms with Crippen LogP contribution in [0.3, 0.4) is 0 Å². The summed E-state index contributed by atoms with van der Waals surface area (Å²) in [5.74, 6) is -0.540. The number of anilines is 1. The third-order valence-corrected chi connectivity index (χ3v) is 3.32. The van der Waals surface area contributed by atoms with Crippen molar-refractivity contribution in [1.29, 1.82) is 5.26 Å². The van der Waals surface area contributed by atoms with Crippen molar-refractivity contribution in [3.05, 3.63) is 29.6 Å². The van der Waals surface area contributed by atoms with Gasteiger partial charge < -0.3 is 15.3 Å². The number of nitriles is 1. The molecule has 0 saturated carbocycles. The molecule has 1 fully saturated rings. The van der Waals surface area contributed by atoms with Crippen LogP contribution in [-0.4, -0.2) is 42.3 Å². The van der Waals surface area contributed by atoms with Gasteiger partial charge in [-0.1, -0.05) is 6.07 Å². The maximum Gasteiger partial charge on any atom is 0.143 e. The summed E-state index contributed by atoms with van der Waals surface area (Å²) in [5, 5.41) is 21.8. The van der Waals surface area contributed by atoms with E-state index in [1.165, 1.54) is 18.9 Å². The van der Waals surface area contributed by atoms with E-state index in [2.05, 4.69) is 10.2 Å². The number of benzene rings is 1. The minimum absolute atomic E-state index is 0.00382. The first-order valence-corrected chi connectivity index (χ1v) is 6.53. The topological polar surface area (TPSA) is 59.3 Å². The zero-order valence-electron chi connectivity index (χ0n) is 10.8. The first-order chi connectivity index (χ1) is 9.20. The second kappa shape index (κ2) is 6.50. The smallest absolute Gasteiger partial charge is 0.143 e. The van der Waals surface area contributed by atoms with Crippen molar-refractivity contribution in [2.75, 3.05) is 31.5 Å². The summed E-state index contributed by atoms with van der Waals surface area (Å²) in [6.45, 7) is 2.99. The lowest BCUT2D eigenvalue weighted by Gasteiger charge is -2.20. The van der Waals surface area contributed by atoms with Crippen LogP contribution in [0, 0.1) is 17.1 Å². The van der Waals surface area contributed by atoms with Crippen molar-refractivity contribution in [2.24, 2.45) is 0 Å². The quantitative estimate of drug-likeness (QED) is 0.846. The highest BCUT2D eigenvalue weighted by molar-refractivity contribution is 5.57. The third-order valence-electron chi connectivity index (χ3n) is 3.32. The molecular weight excluding hydrogens is 245 g/mol. The zero-order chi connectivity index (χ0) is 13.7. The van der Waals surface area contributed by atoms with E-state index < -0.39 is 11.9 Å². The van der Waals surface area contributed by atoms with Crippen molar-refractivity contribution < 1.29 is 9.50 Å². The molecule has 1 aromatic carbocycles. The molecule has 0 radical (unpaired) electrons. The van der Waals surface area contributed by atoms with Gasteiger partial charge >= 0.3 is 0 Å². The van der Waals surface area contributed by atoms with Gasteiger partial charge in [0.05, 0.1) is 11.8 Å². The van der Waals surface area contributed by atoms with Gasteiger partial charge in [0.25, 0.3) is 0 Å². The van der Waals surface area contributed by atoms with E-state index in [1.54, 1.807) is 12.1 Å². The van der Waals surface area contributed by atoms with Crippen molar-refractivity contribution in [3.63, 3.8) is 0 Å². The molecule has 0 bridgehead atoms. The Balaban J connectivity index is 1.88. The van der Waals surface area contributed by atoms with E-state index in [-0.39, 0.29) is 5.56 Å². The van der Waals surface area contributed by atoms with Gasteiger partial charge in [0.15, 0.2) is 0 Å². The molecule has 1 aliphatic rings. The standard InChI is InChI=1S/C14H18FN3O/c15-13-4-3-5-14(12(13)8-16)17-9-11(19)10-18-6-1-2-7-18/h3-5,11,17,19H,1-2,6-7,9-10H2. The molecule has 5 heteroatoms. The van der Waals surface area contributed by atoms with Crippen LogP contribution in [0.4, 0.5) is 10.1 Å². The maximum absolute atomic E-state index is 13.4. The molecule has 0 spiro atoms. The van der Waals surface area contributed by atoms with E-state index in [4.69, 9.17) is 5.26 Å². The third kappa shape index (κ3) is 3.66. The van der Waals surface area contributed by atoms with Crippen molar-refractivity contribution in [1.82, 2.24) is 4.90 Å². The van der Waals surface area contributed by atoms with Crippen LogP contribution in [0.25, 0.3) is 0 Å². The van der Waals surface area contributed by atoms with Gasteiger partial charge in [-0.05, 0) is 38.1 Å². The number of hydrogen-bond acceptors (Lipinski definition) is 4. The van der Waals surface area contributed by atoms with E-state index in [0.717, 1.165) is 13.1 Å². The van der Waals surface area contributed by atoms with Crippen LogP contribution in [0.5, 0.6) is 0 Å². The molecule has 2 N–H and O–H groups in total. The van der Waals surface area contributed by atoms with E-state index in [1.807, 2.05) is 6.07 Å². The fraction of sp³-hybridized carbons (Fsp3) is 0.500. The number of β-amino-alcohol motifs (C(OH)–C–C–N with tert-alkyl or cyclic N) is 1. The van der Waals surface area contributed by atoms with E-state index >= 15 is 0 Å². The molecular formula is C14H18FN3O. The second-order valence-corrected chi connectivity index (χ2v) is 4.82. The fourth-order valence-corrected chi connectivity index (χ4v) is 2.34. The minimum Gasteiger partial charge on any atom is -0.390 e. The Morgan fingerprint density at radius 3 is 2.84 bits per heavy atom. The molecule has 2 rings (SSSR count). The Labute approximate surface area is 112 Å². The molecule has 0 amide bonds. The van der Waals surface area contributed by atoms with Gasteiger partial charge in [0.1, 0.15) is 17.4 Å². The van der Waals surface area contributed by atoms with Crippen LogP contribution in [0.1, 0.15) is 18.4 Å². The summed E-state index contributed by atoms with van der Waals surface area (Å²) in [5.41, 5.74) is 0.429. The van der Waals surface area contributed by atoms with Crippen molar-refractivity contribution in [2.45, 2.75) is 18.9 Å². The normalized spacial score (nSPS) is 17.1. The van der Waals surface area contributed by atoms with Crippen LogP contribution in [0.2, 0.25) is 0 Å². The van der Waals surface area contributed by atoms with E-state index in [9.17, 15) is 9.50 Å². The lowest BCUT2D eigenvalue weighted by molar-refractivity contribution is 0.135. The SMILES string of the molecule is N#Cc1c(F)cccc1NCC(O)CN1CCCC1. The van der Waals surface area contributed by atoms with Crippen LogP contribution < -0.4 is 5.32 Å². The van der Waals surface area contributed by atoms with Crippen LogP contribution >= 0.6 is 0 Å². The molecule has 0 aliphatic carbocycles. The maximum atomic E-state index is 13.4. The Morgan fingerprint density at radius 1 is 1.42 bits per heavy atom. The predicted octanol–water partition coefficient (Wildman–Crippen LogP) is 1.57. The Kier molecular flexibility index (Phi) is 4.72. The highest BCUT2D eigenvalue weighted by Gasteiger charge is 2.16. The molecule has 1 saturated heterocycles. The first kappa shape index (κ1) is 13.8. The molecule has 19 heavy (non-hydrogen) atoms.